The Hall–Kier alpha value is -6.12. The number of hydrogen-bond acceptors (Lipinski definition) is 0. The van der Waals surface area contributed by atoms with Gasteiger partial charge in [0.25, 0.3) is 0 Å². The molecule has 10 rings (SSSR count). The summed E-state index contributed by atoms with van der Waals surface area (Å²) in [6, 6.07) is 62.0. The van der Waals surface area contributed by atoms with Gasteiger partial charge in [0.05, 0.1) is 22.1 Å². The Morgan fingerprint density at radius 3 is 1.43 bits per heavy atom. The molecule has 0 fully saturated rings. The Bertz CT molecular complexity index is 2800. The van der Waals surface area contributed by atoms with Crippen LogP contribution in [0.5, 0.6) is 0 Å². The molecule has 0 saturated carbocycles. The minimum atomic E-state index is 1.18. The Morgan fingerprint density at radius 1 is 0.261 bits per heavy atom. The number of para-hydroxylation sites is 3. The minimum absolute atomic E-state index is 1.18. The zero-order valence-electron chi connectivity index (χ0n) is 25.1. The lowest BCUT2D eigenvalue weighted by molar-refractivity contribution is 1.18. The van der Waals surface area contributed by atoms with E-state index in [0.717, 1.165) is 0 Å². The highest BCUT2D eigenvalue weighted by molar-refractivity contribution is 6.13. The molecule has 0 bridgehead atoms. The third-order valence-electron chi connectivity index (χ3n) is 9.68. The van der Waals surface area contributed by atoms with Gasteiger partial charge in [-0.05, 0) is 93.3 Å². The molecule has 0 saturated heterocycles. The molecule has 0 unspecified atom stereocenters. The summed E-state index contributed by atoms with van der Waals surface area (Å²) in [5, 5.41) is 10.2. The fourth-order valence-corrected chi connectivity index (χ4v) is 7.58. The summed E-state index contributed by atoms with van der Waals surface area (Å²) in [5.41, 5.74) is 9.68. The second kappa shape index (κ2) is 9.69. The SMILES string of the molecule is c1ccc(-n2c3ccccc3c3cc(-c4ccc5c(c4)c4ccccc4n5-c4ccc5c(ccc6ccccc65)c4)ccc32)cc1. The van der Waals surface area contributed by atoms with Crippen molar-refractivity contribution < 1.29 is 0 Å². The van der Waals surface area contributed by atoms with E-state index >= 15 is 0 Å². The summed E-state index contributed by atoms with van der Waals surface area (Å²) in [5.74, 6) is 0. The molecule has 0 aliphatic carbocycles. The first-order valence-electron chi connectivity index (χ1n) is 15.9. The topological polar surface area (TPSA) is 9.86 Å². The predicted octanol–water partition coefficient (Wildman–Crippen LogP) is 11.9. The molecule has 2 nitrogen and oxygen atoms in total. The van der Waals surface area contributed by atoms with Crippen LogP contribution in [0, 0.1) is 0 Å². The van der Waals surface area contributed by atoms with Crippen molar-refractivity contribution >= 4 is 65.2 Å². The first-order valence-corrected chi connectivity index (χ1v) is 15.9. The van der Waals surface area contributed by atoms with Crippen LogP contribution in [-0.4, -0.2) is 9.13 Å². The van der Waals surface area contributed by atoms with Gasteiger partial charge in [-0.15, -0.1) is 0 Å². The molecule has 10 aromatic rings. The van der Waals surface area contributed by atoms with E-state index in [1.165, 1.54) is 87.7 Å². The van der Waals surface area contributed by atoms with Crippen molar-refractivity contribution in [2.45, 2.75) is 0 Å². The average molecular weight is 585 g/mol. The van der Waals surface area contributed by atoms with Crippen LogP contribution in [0.25, 0.3) is 87.7 Å². The fraction of sp³-hybridized carbons (Fsp3) is 0. The largest absolute Gasteiger partial charge is 0.309 e. The minimum Gasteiger partial charge on any atom is -0.309 e. The van der Waals surface area contributed by atoms with Crippen LogP contribution in [0.4, 0.5) is 0 Å². The average Bonchev–Trinajstić information content (AvgIpc) is 3.64. The van der Waals surface area contributed by atoms with Crippen molar-refractivity contribution in [3.63, 3.8) is 0 Å². The summed E-state index contributed by atoms with van der Waals surface area (Å²) in [7, 11) is 0. The first kappa shape index (κ1) is 25.2. The summed E-state index contributed by atoms with van der Waals surface area (Å²) >= 11 is 0. The second-order valence-electron chi connectivity index (χ2n) is 12.2. The molecule has 214 valence electrons. The fourth-order valence-electron chi connectivity index (χ4n) is 7.58. The van der Waals surface area contributed by atoms with Gasteiger partial charge in [-0.2, -0.15) is 0 Å². The molecule has 2 heterocycles. The number of aromatic nitrogens is 2. The van der Waals surface area contributed by atoms with Gasteiger partial charge in [-0.25, -0.2) is 0 Å². The van der Waals surface area contributed by atoms with E-state index in [0.29, 0.717) is 0 Å². The first-order chi connectivity index (χ1) is 22.8. The van der Waals surface area contributed by atoms with Gasteiger partial charge in [0, 0.05) is 32.9 Å². The van der Waals surface area contributed by atoms with E-state index in [9.17, 15) is 0 Å². The Kier molecular flexibility index (Phi) is 5.31. The maximum Gasteiger partial charge on any atom is 0.0541 e. The van der Waals surface area contributed by atoms with Crippen LogP contribution in [-0.2, 0) is 0 Å². The third-order valence-corrected chi connectivity index (χ3v) is 9.68. The summed E-state index contributed by atoms with van der Waals surface area (Å²) in [6.07, 6.45) is 0. The van der Waals surface area contributed by atoms with Crippen LogP contribution >= 0.6 is 0 Å². The van der Waals surface area contributed by atoms with Crippen molar-refractivity contribution in [3.05, 3.63) is 170 Å². The number of nitrogens with zero attached hydrogens (tertiary/aromatic N) is 2. The lowest BCUT2D eigenvalue weighted by atomic mass is 10.0. The molecule has 8 aromatic carbocycles. The van der Waals surface area contributed by atoms with Crippen molar-refractivity contribution in [2.24, 2.45) is 0 Å². The van der Waals surface area contributed by atoms with Gasteiger partial charge in [0.1, 0.15) is 0 Å². The number of fused-ring (bicyclic) bond motifs is 9. The maximum absolute atomic E-state index is 2.42. The molecule has 0 spiro atoms. The van der Waals surface area contributed by atoms with E-state index in [4.69, 9.17) is 0 Å². The van der Waals surface area contributed by atoms with Crippen LogP contribution in [0.1, 0.15) is 0 Å². The maximum atomic E-state index is 2.42. The van der Waals surface area contributed by atoms with Crippen LogP contribution in [0.3, 0.4) is 0 Å². The number of benzene rings is 8. The lowest BCUT2D eigenvalue weighted by Crippen LogP contribution is -1.94. The third kappa shape index (κ3) is 3.65. The highest BCUT2D eigenvalue weighted by atomic mass is 15.0. The van der Waals surface area contributed by atoms with Crippen molar-refractivity contribution in [3.8, 4) is 22.5 Å². The van der Waals surface area contributed by atoms with E-state index in [1.54, 1.807) is 0 Å². The van der Waals surface area contributed by atoms with Crippen molar-refractivity contribution in [2.75, 3.05) is 0 Å². The van der Waals surface area contributed by atoms with E-state index < -0.39 is 0 Å². The van der Waals surface area contributed by atoms with E-state index in [-0.39, 0.29) is 0 Å². The van der Waals surface area contributed by atoms with Gasteiger partial charge < -0.3 is 9.13 Å². The van der Waals surface area contributed by atoms with Crippen LogP contribution in [0.15, 0.2) is 170 Å². The molecule has 46 heavy (non-hydrogen) atoms. The molecule has 2 aromatic heterocycles. The molecular formula is C44H28N2. The number of rotatable bonds is 3. The standard InChI is InChI=1S/C44H28N2/c1-2-11-33(12-3-1)45-41-16-8-6-14-37(41)39-27-30(20-24-43(39)45)31-21-25-44-40(28-31)38-15-7-9-17-42(38)46(44)34-22-23-36-32(26-34)19-18-29-10-4-5-13-35(29)36/h1-28H. The monoisotopic (exact) mass is 584 g/mol. The van der Waals surface area contributed by atoms with E-state index in [1.807, 2.05) is 0 Å². The van der Waals surface area contributed by atoms with Crippen LogP contribution < -0.4 is 0 Å². The van der Waals surface area contributed by atoms with Crippen molar-refractivity contribution in [1.29, 1.82) is 0 Å². The summed E-state index contributed by atoms with van der Waals surface area (Å²) in [6.45, 7) is 0. The van der Waals surface area contributed by atoms with Crippen molar-refractivity contribution in [1.82, 2.24) is 9.13 Å². The van der Waals surface area contributed by atoms with Gasteiger partial charge >= 0.3 is 0 Å². The smallest absolute Gasteiger partial charge is 0.0541 e. The molecular weight excluding hydrogens is 556 g/mol. The molecule has 0 N–H and O–H groups in total. The van der Waals surface area contributed by atoms with Gasteiger partial charge in [0.15, 0.2) is 0 Å². The molecule has 0 amide bonds. The van der Waals surface area contributed by atoms with Crippen LogP contribution in [0.2, 0.25) is 0 Å². The zero-order valence-corrected chi connectivity index (χ0v) is 25.1. The van der Waals surface area contributed by atoms with Gasteiger partial charge in [-0.3, -0.25) is 0 Å². The number of hydrogen-bond donors (Lipinski definition) is 0. The normalized spacial score (nSPS) is 11.9. The Balaban J connectivity index is 1.16. The molecule has 0 aliphatic heterocycles. The molecule has 0 radical (unpaired) electrons. The van der Waals surface area contributed by atoms with Gasteiger partial charge in [-0.1, -0.05) is 109 Å². The predicted molar refractivity (Wildman–Crippen MR) is 196 cm³/mol. The molecule has 2 heteroatoms. The van der Waals surface area contributed by atoms with E-state index in [2.05, 4.69) is 179 Å². The molecule has 0 aliphatic rings. The highest BCUT2D eigenvalue weighted by Crippen LogP contribution is 2.39. The Morgan fingerprint density at radius 2 is 0.761 bits per heavy atom. The second-order valence-corrected chi connectivity index (χ2v) is 12.2. The lowest BCUT2D eigenvalue weighted by Gasteiger charge is -2.11. The summed E-state index contributed by atoms with van der Waals surface area (Å²) < 4.78 is 4.79. The quantitative estimate of drug-likeness (QED) is 0.183. The van der Waals surface area contributed by atoms with Gasteiger partial charge in [0.2, 0.25) is 0 Å². The zero-order chi connectivity index (χ0) is 30.2. The Labute approximate surface area is 266 Å². The summed E-state index contributed by atoms with van der Waals surface area (Å²) in [4.78, 5) is 0. The molecule has 0 atom stereocenters. The highest BCUT2D eigenvalue weighted by Gasteiger charge is 2.16.